The van der Waals surface area contributed by atoms with Gasteiger partial charge in [-0.15, -0.1) is 0 Å². The first-order chi connectivity index (χ1) is 9.95. The number of anilines is 1. The molecule has 1 fully saturated rings. The van der Waals surface area contributed by atoms with E-state index in [1.807, 2.05) is 13.8 Å². The van der Waals surface area contributed by atoms with Crippen LogP contribution in [0, 0.1) is 12.8 Å². The summed E-state index contributed by atoms with van der Waals surface area (Å²) in [6.07, 6.45) is 0.948. The van der Waals surface area contributed by atoms with Crippen molar-refractivity contribution in [1.29, 1.82) is 0 Å². The molecule has 21 heavy (non-hydrogen) atoms. The summed E-state index contributed by atoms with van der Waals surface area (Å²) >= 11 is 0. The molecule has 1 saturated heterocycles. The highest BCUT2D eigenvalue weighted by atomic mass is 16.6. The molecule has 4 atom stereocenters. The molecule has 0 aliphatic carbocycles. The zero-order valence-electron chi connectivity index (χ0n) is 12.9. The van der Waals surface area contributed by atoms with Gasteiger partial charge >= 0.3 is 5.69 Å². The molecule has 1 aromatic rings. The van der Waals surface area contributed by atoms with Crippen molar-refractivity contribution >= 4 is 5.82 Å². The summed E-state index contributed by atoms with van der Waals surface area (Å²) in [4.78, 5) is 15.9. The van der Waals surface area contributed by atoms with Crippen molar-refractivity contribution in [1.82, 2.24) is 9.55 Å². The third kappa shape index (κ3) is 3.25. The number of nitrogens with zero attached hydrogens (tertiary/aromatic N) is 2. The van der Waals surface area contributed by atoms with Gasteiger partial charge in [0.05, 0.1) is 19.3 Å². The van der Waals surface area contributed by atoms with Gasteiger partial charge in [0.25, 0.3) is 0 Å². The number of ether oxygens (including phenoxy) is 3. The van der Waals surface area contributed by atoms with Gasteiger partial charge in [0.1, 0.15) is 11.9 Å². The van der Waals surface area contributed by atoms with E-state index in [-0.39, 0.29) is 23.9 Å². The molecule has 7 heteroatoms. The zero-order valence-corrected chi connectivity index (χ0v) is 12.9. The van der Waals surface area contributed by atoms with Gasteiger partial charge in [0.2, 0.25) is 0 Å². The smallest absolute Gasteiger partial charge is 0.351 e. The van der Waals surface area contributed by atoms with Gasteiger partial charge in [0, 0.05) is 24.8 Å². The molecule has 2 rings (SSSR count). The summed E-state index contributed by atoms with van der Waals surface area (Å²) in [7, 11) is 1.62. The Bertz CT molecular complexity index is 546. The number of aromatic nitrogens is 2. The first kappa shape index (κ1) is 15.9. The molecule has 0 aromatic carbocycles. The average Bonchev–Trinajstić information content (AvgIpc) is 2.71. The van der Waals surface area contributed by atoms with Gasteiger partial charge in [-0.3, -0.25) is 4.57 Å². The quantitative estimate of drug-likeness (QED) is 0.806. The summed E-state index contributed by atoms with van der Waals surface area (Å²) < 4.78 is 18.2. The highest BCUT2D eigenvalue weighted by molar-refractivity contribution is 5.35. The Balaban J connectivity index is 2.27. The van der Waals surface area contributed by atoms with Gasteiger partial charge in [-0.25, -0.2) is 4.79 Å². The van der Waals surface area contributed by atoms with Crippen LogP contribution in [0.4, 0.5) is 5.82 Å². The fourth-order valence-corrected chi connectivity index (χ4v) is 2.43. The highest BCUT2D eigenvalue weighted by Crippen LogP contribution is 2.35. The third-order valence-corrected chi connectivity index (χ3v) is 3.94. The molecule has 0 spiro atoms. The van der Waals surface area contributed by atoms with Gasteiger partial charge < -0.3 is 19.9 Å². The molecule has 0 radical (unpaired) electrons. The first-order valence-corrected chi connectivity index (χ1v) is 7.07. The van der Waals surface area contributed by atoms with E-state index in [1.54, 1.807) is 20.2 Å². The summed E-state index contributed by atoms with van der Waals surface area (Å²) in [6, 6.07) is 0. The van der Waals surface area contributed by atoms with Crippen LogP contribution < -0.4 is 11.4 Å². The topological polar surface area (TPSA) is 88.6 Å². The van der Waals surface area contributed by atoms with E-state index < -0.39 is 11.9 Å². The lowest BCUT2D eigenvalue weighted by molar-refractivity contribution is -0.0722. The fourth-order valence-electron chi connectivity index (χ4n) is 2.43. The van der Waals surface area contributed by atoms with Gasteiger partial charge in [-0.05, 0) is 13.8 Å². The Morgan fingerprint density at radius 1 is 1.43 bits per heavy atom. The van der Waals surface area contributed by atoms with Crippen molar-refractivity contribution in [2.45, 2.75) is 39.2 Å². The number of aryl methyl sites for hydroxylation is 1. The van der Waals surface area contributed by atoms with E-state index in [4.69, 9.17) is 19.9 Å². The SMILES string of the molecule is COCCOC1C(C)C(C)OC1n1cc(C)c(N)nc1=O. The van der Waals surface area contributed by atoms with E-state index >= 15 is 0 Å². The predicted molar refractivity (Wildman–Crippen MR) is 78.0 cm³/mol. The van der Waals surface area contributed by atoms with Crippen LogP contribution >= 0.6 is 0 Å². The van der Waals surface area contributed by atoms with Crippen molar-refractivity contribution in [3.63, 3.8) is 0 Å². The van der Waals surface area contributed by atoms with Gasteiger partial charge in [-0.2, -0.15) is 4.98 Å². The lowest BCUT2D eigenvalue weighted by atomic mass is 10.0. The molecule has 7 nitrogen and oxygen atoms in total. The predicted octanol–water partition coefficient (Wildman–Crippen LogP) is 0.719. The Labute approximate surface area is 124 Å². The minimum atomic E-state index is -0.494. The summed E-state index contributed by atoms with van der Waals surface area (Å²) in [5.41, 5.74) is 5.97. The third-order valence-electron chi connectivity index (χ3n) is 3.94. The molecular formula is C14H23N3O4. The van der Waals surface area contributed by atoms with Crippen LogP contribution in [-0.2, 0) is 14.2 Å². The van der Waals surface area contributed by atoms with Crippen LogP contribution in [0.15, 0.2) is 11.0 Å². The molecular weight excluding hydrogens is 274 g/mol. The van der Waals surface area contributed by atoms with Crippen molar-refractivity contribution in [2.75, 3.05) is 26.1 Å². The molecule has 1 aliphatic heterocycles. The van der Waals surface area contributed by atoms with E-state index in [0.717, 1.165) is 5.56 Å². The maximum absolute atomic E-state index is 12.1. The van der Waals surface area contributed by atoms with E-state index in [9.17, 15) is 4.79 Å². The number of hydrogen-bond acceptors (Lipinski definition) is 6. The molecule has 0 amide bonds. The standard InChI is InChI=1S/C14H23N3O4/c1-8-7-17(14(18)16-12(8)15)13-11(20-6-5-19-4)9(2)10(3)21-13/h7,9-11,13H,5-6H2,1-4H3,(H2,15,16,18). The van der Waals surface area contributed by atoms with E-state index in [0.29, 0.717) is 13.2 Å². The van der Waals surface area contributed by atoms with Gasteiger partial charge in [0.15, 0.2) is 6.23 Å². The number of rotatable bonds is 5. The lowest BCUT2D eigenvalue weighted by Crippen LogP contribution is -2.35. The number of nitrogen functional groups attached to an aromatic ring is 1. The zero-order chi connectivity index (χ0) is 15.6. The molecule has 1 aliphatic rings. The Hall–Kier alpha value is -1.44. The average molecular weight is 297 g/mol. The monoisotopic (exact) mass is 297 g/mol. The number of nitrogens with two attached hydrogens (primary N) is 1. The molecule has 0 saturated carbocycles. The lowest BCUT2D eigenvalue weighted by Gasteiger charge is -2.23. The van der Waals surface area contributed by atoms with Crippen LogP contribution in [0.5, 0.6) is 0 Å². The second kappa shape index (κ2) is 6.55. The van der Waals surface area contributed by atoms with Crippen LogP contribution in [0.25, 0.3) is 0 Å². The Morgan fingerprint density at radius 3 is 2.81 bits per heavy atom. The van der Waals surface area contributed by atoms with Crippen LogP contribution in [0.3, 0.4) is 0 Å². The molecule has 2 N–H and O–H groups in total. The minimum absolute atomic E-state index is 0.00713. The highest BCUT2D eigenvalue weighted by Gasteiger charge is 2.42. The molecule has 2 heterocycles. The molecule has 0 bridgehead atoms. The van der Waals surface area contributed by atoms with Crippen LogP contribution in [-0.4, -0.2) is 42.1 Å². The second-order valence-corrected chi connectivity index (χ2v) is 5.42. The Kier molecular flexibility index (Phi) is 4.97. The number of methoxy groups -OCH3 is 1. The minimum Gasteiger partial charge on any atom is -0.383 e. The maximum Gasteiger partial charge on any atom is 0.351 e. The normalized spacial score (nSPS) is 29.0. The Morgan fingerprint density at radius 2 is 2.14 bits per heavy atom. The van der Waals surface area contributed by atoms with Gasteiger partial charge in [-0.1, -0.05) is 6.92 Å². The van der Waals surface area contributed by atoms with Crippen LogP contribution in [0.2, 0.25) is 0 Å². The molecule has 118 valence electrons. The van der Waals surface area contributed by atoms with Crippen LogP contribution in [0.1, 0.15) is 25.6 Å². The van der Waals surface area contributed by atoms with Crippen molar-refractivity contribution in [3.8, 4) is 0 Å². The second-order valence-electron chi connectivity index (χ2n) is 5.42. The van der Waals surface area contributed by atoms with E-state index in [2.05, 4.69) is 4.98 Å². The molecule has 1 aromatic heterocycles. The summed E-state index contributed by atoms with van der Waals surface area (Å²) in [6.45, 7) is 6.78. The van der Waals surface area contributed by atoms with Crippen molar-refractivity contribution in [2.24, 2.45) is 5.92 Å². The maximum atomic E-state index is 12.1. The molecule has 4 unspecified atom stereocenters. The summed E-state index contributed by atoms with van der Waals surface area (Å²) in [5, 5.41) is 0. The fraction of sp³-hybridized carbons (Fsp3) is 0.714. The summed E-state index contributed by atoms with van der Waals surface area (Å²) in [5.74, 6) is 0.406. The largest absolute Gasteiger partial charge is 0.383 e. The number of hydrogen-bond donors (Lipinski definition) is 1. The van der Waals surface area contributed by atoms with Crippen molar-refractivity contribution < 1.29 is 14.2 Å². The van der Waals surface area contributed by atoms with Crippen molar-refractivity contribution in [3.05, 3.63) is 22.2 Å². The first-order valence-electron chi connectivity index (χ1n) is 7.07. The van der Waals surface area contributed by atoms with E-state index in [1.165, 1.54) is 4.57 Å².